The molecule has 7 heteroatoms. The summed E-state index contributed by atoms with van der Waals surface area (Å²) in [6.45, 7) is 1.58. The Labute approximate surface area is 94.9 Å². The Hall–Kier alpha value is 0.410. The van der Waals surface area contributed by atoms with Crippen LogP contribution >= 0.6 is 23.5 Å². The Kier molecular flexibility index (Phi) is 3.45. The van der Waals surface area contributed by atoms with Gasteiger partial charge in [-0.05, 0) is 0 Å². The summed E-state index contributed by atoms with van der Waals surface area (Å²) in [5.74, 6) is 0.140. The maximum absolute atomic E-state index is 13.1. The Balaban J connectivity index is 2.17. The van der Waals surface area contributed by atoms with E-state index in [0.717, 1.165) is 11.8 Å². The molecule has 0 spiro atoms. The average Bonchev–Trinajstić information content (AvgIpc) is 2.68. The minimum absolute atomic E-state index is 0.140. The van der Waals surface area contributed by atoms with E-state index in [2.05, 4.69) is 0 Å². The Morgan fingerprint density at radius 2 is 1.87 bits per heavy atom. The van der Waals surface area contributed by atoms with E-state index in [-0.39, 0.29) is 5.75 Å². The fourth-order valence-corrected chi connectivity index (χ4v) is 4.99. The maximum atomic E-state index is 13.1. The van der Waals surface area contributed by atoms with Gasteiger partial charge in [0.15, 0.2) is 4.87 Å². The van der Waals surface area contributed by atoms with Gasteiger partial charge in [0, 0.05) is 23.9 Å². The molecule has 2 saturated heterocycles. The van der Waals surface area contributed by atoms with Crippen LogP contribution in [-0.2, 0) is 4.74 Å². The molecular weight excluding hydrogens is 247 g/mol. The van der Waals surface area contributed by atoms with Crippen LogP contribution in [0.2, 0.25) is 0 Å². The highest BCUT2D eigenvalue weighted by molar-refractivity contribution is 8.20. The van der Waals surface area contributed by atoms with Crippen molar-refractivity contribution in [2.75, 3.05) is 37.1 Å². The van der Waals surface area contributed by atoms with Gasteiger partial charge in [-0.25, -0.2) is 0 Å². The molecule has 1 atom stereocenters. The van der Waals surface area contributed by atoms with Crippen LogP contribution in [0.1, 0.15) is 0 Å². The molecule has 0 bridgehead atoms. The molecule has 15 heavy (non-hydrogen) atoms. The number of rotatable bonds is 1. The molecule has 0 aliphatic carbocycles. The van der Waals surface area contributed by atoms with Gasteiger partial charge in [0.1, 0.15) is 0 Å². The van der Waals surface area contributed by atoms with Crippen LogP contribution in [0.15, 0.2) is 0 Å². The van der Waals surface area contributed by atoms with Gasteiger partial charge in [-0.2, -0.15) is 13.2 Å². The Morgan fingerprint density at radius 1 is 1.20 bits per heavy atom. The van der Waals surface area contributed by atoms with Crippen molar-refractivity contribution in [3.8, 4) is 0 Å². The van der Waals surface area contributed by atoms with E-state index in [1.54, 1.807) is 0 Å². The highest BCUT2D eigenvalue weighted by Gasteiger charge is 2.60. The molecule has 2 nitrogen and oxygen atoms in total. The third-order valence-corrected chi connectivity index (χ3v) is 5.70. The van der Waals surface area contributed by atoms with E-state index >= 15 is 0 Å². The molecule has 2 fully saturated rings. The van der Waals surface area contributed by atoms with E-state index in [0.29, 0.717) is 31.4 Å². The van der Waals surface area contributed by atoms with E-state index in [4.69, 9.17) is 4.74 Å². The van der Waals surface area contributed by atoms with Crippen molar-refractivity contribution in [2.45, 2.75) is 11.0 Å². The zero-order valence-electron chi connectivity index (χ0n) is 8.05. The van der Waals surface area contributed by atoms with Gasteiger partial charge in [-0.15, -0.1) is 23.5 Å². The third-order valence-electron chi connectivity index (χ3n) is 2.64. The molecule has 0 N–H and O–H groups in total. The lowest BCUT2D eigenvalue weighted by atomic mass is 10.2. The molecule has 2 aliphatic rings. The molecule has 2 rings (SSSR count). The van der Waals surface area contributed by atoms with E-state index < -0.39 is 11.0 Å². The number of hydrogen-bond acceptors (Lipinski definition) is 4. The van der Waals surface area contributed by atoms with Crippen molar-refractivity contribution in [2.24, 2.45) is 0 Å². The number of halogens is 3. The van der Waals surface area contributed by atoms with Crippen molar-refractivity contribution in [3.05, 3.63) is 0 Å². The molecule has 88 valence electrons. The number of nitrogens with zero attached hydrogens (tertiary/aromatic N) is 1. The highest BCUT2D eigenvalue weighted by atomic mass is 32.2. The second kappa shape index (κ2) is 4.35. The second-order valence-electron chi connectivity index (χ2n) is 3.49. The van der Waals surface area contributed by atoms with Crippen LogP contribution in [0.4, 0.5) is 13.2 Å². The summed E-state index contributed by atoms with van der Waals surface area (Å²) in [5, 5.41) is 0.525. The Bertz CT molecular complexity index is 224. The standard InChI is InChI=1S/C8H12F3NOS2/c9-8(10,11)7(5-14-6-15-7)12-1-3-13-4-2-12/h1-6H2. The van der Waals surface area contributed by atoms with Crippen LogP contribution in [0, 0.1) is 0 Å². The second-order valence-corrected chi connectivity index (χ2v) is 6.10. The summed E-state index contributed by atoms with van der Waals surface area (Å²) in [5.41, 5.74) is 0. The highest BCUT2D eigenvalue weighted by Crippen LogP contribution is 2.52. The summed E-state index contributed by atoms with van der Waals surface area (Å²) in [6.07, 6.45) is -4.15. The van der Waals surface area contributed by atoms with Crippen LogP contribution < -0.4 is 0 Å². The summed E-state index contributed by atoms with van der Waals surface area (Å²) >= 11 is 2.37. The average molecular weight is 259 g/mol. The van der Waals surface area contributed by atoms with Gasteiger partial charge in [0.25, 0.3) is 0 Å². The Morgan fingerprint density at radius 3 is 2.33 bits per heavy atom. The summed E-state index contributed by atoms with van der Waals surface area (Å²) in [7, 11) is 0. The number of thioether (sulfide) groups is 2. The predicted octanol–water partition coefficient (Wildman–Crippen LogP) is 2.01. The number of morpholine rings is 1. The molecule has 0 aromatic heterocycles. The van der Waals surface area contributed by atoms with E-state index in [1.165, 1.54) is 16.7 Å². The van der Waals surface area contributed by atoms with Gasteiger partial charge in [0.2, 0.25) is 0 Å². The molecule has 1 unspecified atom stereocenters. The summed E-state index contributed by atoms with van der Waals surface area (Å²) < 4.78 is 44.3. The van der Waals surface area contributed by atoms with Crippen LogP contribution in [0.3, 0.4) is 0 Å². The molecule has 2 aliphatic heterocycles. The number of hydrogen-bond donors (Lipinski definition) is 0. The van der Waals surface area contributed by atoms with Gasteiger partial charge in [-0.3, -0.25) is 4.90 Å². The fourth-order valence-electron chi connectivity index (χ4n) is 1.81. The minimum atomic E-state index is -4.15. The first-order chi connectivity index (χ1) is 7.06. The monoisotopic (exact) mass is 259 g/mol. The van der Waals surface area contributed by atoms with Crippen molar-refractivity contribution in [1.29, 1.82) is 0 Å². The van der Waals surface area contributed by atoms with Crippen molar-refractivity contribution in [1.82, 2.24) is 4.90 Å². The van der Waals surface area contributed by atoms with Crippen molar-refractivity contribution in [3.63, 3.8) is 0 Å². The maximum Gasteiger partial charge on any atom is 0.417 e. The lowest BCUT2D eigenvalue weighted by Gasteiger charge is -2.42. The van der Waals surface area contributed by atoms with Gasteiger partial charge in [-0.1, -0.05) is 0 Å². The smallest absolute Gasteiger partial charge is 0.379 e. The first-order valence-corrected chi connectivity index (χ1v) is 6.81. The van der Waals surface area contributed by atoms with Crippen molar-refractivity contribution < 1.29 is 17.9 Å². The molecule has 0 saturated carbocycles. The molecule has 2 heterocycles. The van der Waals surface area contributed by atoms with E-state index in [9.17, 15) is 13.2 Å². The van der Waals surface area contributed by atoms with Crippen LogP contribution in [0.5, 0.6) is 0 Å². The molecule has 0 radical (unpaired) electrons. The van der Waals surface area contributed by atoms with Gasteiger partial charge in [0.05, 0.1) is 13.2 Å². The zero-order valence-corrected chi connectivity index (χ0v) is 9.68. The first-order valence-electron chi connectivity index (χ1n) is 4.67. The summed E-state index contributed by atoms with van der Waals surface area (Å²) in [4.78, 5) is -0.136. The van der Waals surface area contributed by atoms with Crippen LogP contribution in [0.25, 0.3) is 0 Å². The first kappa shape index (κ1) is 11.9. The van der Waals surface area contributed by atoms with Crippen LogP contribution in [-0.4, -0.2) is 53.1 Å². The fraction of sp³-hybridized carbons (Fsp3) is 1.00. The van der Waals surface area contributed by atoms with Gasteiger partial charge < -0.3 is 4.74 Å². The van der Waals surface area contributed by atoms with Crippen molar-refractivity contribution >= 4 is 23.5 Å². The molecular formula is C8H12F3NOS2. The quantitative estimate of drug-likeness (QED) is 0.714. The van der Waals surface area contributed by atoms with E-state index in [1.807, 2.05) is 0 Å². The number of ether oxygens (including phenoxy) is 1. The molecule has 0 amide bonds. The largest absolute Gasteiger partial charge is 0.417 e. The normalized spacial score (nSPS) is 34.6. The SMILES string of the molecule is FC(F)(F)C1(N2CCOCC2)CSCS1. The molecule has 0 aromatic carbocycles. The molecule has 0 aromatic rings. The third kappa shape index (κ3) is 2.11. The lowest BCUT2D eigenvalue weighted by Crippen LogP contribution is -2.59. The summed E-state index contributed by atoms with van der Waals surface area (Å²) in [6, 6.07) is 0. The minimum Gasteiger partial charge on any atom is -0.379 e. The predicted molar refractivity (Wildman–Crippen MR) is 56.1 cm³/mol. The zero-order chi connectivity index (χ0) is 10.9. The van der Waals surface area contributed by atoms with Gasteiger partial charge >= 0.3 is 6.18 Å². The topological polar surface area (TPSA) is 12.5 Å². The lowest BCUT2D eigenvalue weighted by molar-refractivity contribution is -0.198. The number of alkyl halides is 3.